The summed E-state index contributed by atoms with van der Waals surface area (Å²) in [6.07, 6.45) is 1.54. The van der Waals surface area contributed by atoms with Gasteiger partial charge in [0.05, 0.1) is 6.61 Å². The number of carbonyl (C=O) groups excluding carboxylic acids is 1. The van der Waals surface area contributed by atoms with Gasteiger partial charge in [-0.05, 0) is 67.8 Å². The molecule has 1 amide bonds. The fraction of sp³-hybridized carbons (Fsp3) is 0.185. The minimum atomic E-state index is -0.462. The molecule has 162 valence electrons. The first-order valence-electron chi connectivity index (χ1n) is 10.4. The molecule has 0 aliphatic rings. The highest BCUT2D eigenvalue weighted by molar-refractivity contribution is 6.09. The molecule has 3 aromatic rings. The van der Waals surface area contributed by atoms with Crippen LogP contribution >= 0.6 is 0 Å². The predicted molar refractivity (Wildman–Crippen MR) is 127 cm³/mol. The minimum absolute atomic E-state index is 0.00221. The van der Waals surface area contributed by atoms with E-state index in [1.165, 1.54) is 11.6 Å². The number of aryl methyl sites for hydroxylation is 2. The van der Waals surface area contributed by atoms with Gasteiger partial charge >= 0.3 is 0 Å². The van der Waals surface area contributed by atoms with Gasteiger partial charge in [-0.3, -0.25) is 4.79 Å². The third kappa shape index (κ3) is 6.23. The lowest BCUT2D eigenvalue weighted by Crippen LogP contribution is -2.13. The largest absolute Gasteiger partial charge is 0.490 e. The molecule has 5 heteroatoms. The van der Waals surface area contributed by atoms with Gasteiger partial charge in [0.15, 0.2) is 11.5 Å². The molecule has 5 nitrogen and oxygen atoms in total. The standard InChI is InChI=1S/C27H26N2O3/c1-4-31-26-16-21(11-12-25(26)32-18-22-9-5-7-19(2)13-22)15-23(17-28)27(30)29-24-10-6-8-20(3)14-24/h5-16H,4,18H2,1-3H3,(H,29,30)/b23-15-. The average molecular weight is 427 g/mol. The molecule has 0 aromatic heterocycles. The Kier molecular flexibility index (Phi) is 7.66. The summed E-state index contributed by atoms with van der Waals surface area (Å²) in [7, 11) is 0. The predicted octanol–water partition coefficient (Wildman–Crippen LogP) is 5.83. The van der Waals surface area contributed by atoms with Crippen LogP contribution in [-0.4, -0.2) is 12.5 Å². The molecular formula is C27H26N2O3. The van der Waals surface area contributed by atoms with E-state index in [9.17, 15) is 10.1 Å². The maximum Gasteiger partial charge on any atom is 0.266 e. The first-order chi connectivity index (χ1) is 15.5. The molecule has 1 N–H and O–H groups in total. The van der Waals surface area contributed by atoms with E-state index in [2.05, 4.69) is 11.4 Å². The normalized spacial score (nSPS) is 10.9. The Hall–Kier alpha value is -4.04. The van der Waals surface area contributed by atoms with Crippen molar-refractivity contribution in [3.8, 4) is 17.6 Å². The number of nitriles is 1. The van der Waals surface area contributed by atoms with Crippen LogP contribution in [0.25, 0.3) is 6.08 Å². The summed E-state index contributed by atoms with van der Waals surface area (Å²) in [5.41, 5.74) is 4.58. The molecule has 0 unspecified atom stereocenters. The van der Waals surface area contributed by atoms with Gasteiger partial charge in [-0.25, -0.2) is 0 Å². The van der Waals surface area contributed by atoms with Crippen LogP contribution in [0.5, 0.6) is 11.5 Å². The fourth-order valence-electron chi connectivity index (χ4n) is 3.20. The van der Waals surface area contributed by atoms with Crippen LogP contribution in [0.1, 0.15) is 29.2 Å². The Bertz CT molecular complexity index is 1180. The van der Waals surface area contributed by atoms with E-state index >= 15 is 0 Å². The number of nitrogens with zero attached hydrogens (tertiary/aromatic N) is 1. The van der Waals surface area contributed by atoms with Crippen LogP contribution in [0.15, 0.2) is 72.3 Å². The van der Waals surface area contributed by atoms with Crippen LogP contribution in [0.2, 0.25) is 0 Å². The summed E-state index contributed by atoms with van der Waals surface area (Å²) < 4.78 is 11.7. The lowest BCUT2D eigenvalue weighted by atomic mass is 10.1. The first-order valence-corrected chi connectivity index (χ1v) is 10.4. The van der Waals surface area contributed by atoms with Crippen molar-refractivity contribution in [2.75, 3.05) is 11.9 Å². The quantitative estimate of drug-likeness (QED) is 0.363. The van der Waals surface area contributed by atoms with Crippen LogP contribution < -0.4 is 14.8 Å². The molecular weight excluding hydrogens is 400 g/mol. The summed E-state index contributed by atoms with van der Waals surface area (Å²) >= 11 is 0. The zero-order valence-electron chi connectivity index (χ0n) is 18.5. The number of hydrogen-bond donors (Lipinski definition) is 1. The molecule has 0 bridgehead atoms. The molecule has 3 rings (SSSR count). The second kappa shape index (κ2) is 10.8. The zero-order valence-corrected chi connectivity index (χ0v) is 18.5. The molecule has 0 radical (unpaired) electrons. The van der Waals surface area contributed by atoms with Crippen molar-refractivity contribution in [1.29, 1.82) is 5.26 Å². The highest BCUT2D eigenvalue weighted by atomic mass is 16.5. The van der Waals surface area contributed by atoms with Crippen molar-refractivity contribution in [3.05, 3.63) is 94.6 Å². The molecule has 0 fully saturated rings. The first kappa shape index (κ1) is 22.6. The van der Waals surface area contributed by atoms with Crippen molar-refractivity contribution in [2.24, 2.45) is 0 Å². The highest BCUT2D eigenvalue weighted by Gasteiger charge is 2.12. The number of rotatable bonds is 8. The smallest absolute Gasteiger partial charge is 0.266 e. The lowest BCUT2D eigenvalue weighted by Gasteiger charge is -2.13. The van der Waals surface area contributed by atoms with Crippen LogP contribution in [-0.2, 0) is 11.4 Å². The van der Waals surface area contributed by atoms with Gasteiger partial charge in [-0.15, -0.1) is 0 Å². The van der Waals surface area contributed by atoms with Gasteiger partial charge in [0.2, 0.25) is 0 Å². The summed E-state index contributed by atoms with van der Waals surface area (Å²) in [4.78, 5) is 12.6. The highest BCUT2D eigenvalue weighted by Crippen LogP contribution is 2.30. The average Bonchev–Trinajstić information content (AvgIpc) is 2.77. The summed E-state index contributed by atoms with van der Waals surface area (Å²) in [6, 6.07) is 22.9. The van der Waals surface area contributed by atoms with Crippen molar-refractivity contribution < 1.29 is 14.3 Å². The fourth-order valence-corrected chi connectivity index (χ4v) is 3.20. The zero-order chi connectivity index (χ0) is 22.9. The van der Waals surface area contributed by atoms with Crippen molar-refractivity contribution in [2.45, 2.75) is 27.4 Å². The third-order valence-electron chi connectivity index (χ3n) is 4.70. The molecule has 3 aromatic carbocycles. The maximum absolute atomic E-state index is 12.6. The van der Waals surface area contributed by atoms with E-state index in [4.69, 9.17) is 9.47 Å². The Morgan fingerprint density at radius 3 is 2.41 bits per heavy atom. The molecule has 0 spiro atoms. The minimum Gasteiger partial charge on any atom is -0.490 e. The Labute approximate surface area is 188 Å². The van der Waals surface area contributed by atoms with E-state index in [0.29, 0.717) is 36.0 Å². The topological polar surface area (TPSA) is 71.3 Å². The Morgan fingerprint density at radius 1 is 0.969 bits per heavy atom. The second-order valence-corrected chi connectivity index (χ2v) is 7.41. The Balaban J connectivity index is 1.78. The third-order valence-corrected chi connectivity index (χ3v) is 4.70. The molecule has 0 aliphatic carbocycles. The van der Waals surface area contributed by atoms with Gasteiger partial charge < -0.3 is 14.8 Å². The number of carbonyl (C=O) groups is 1. The number of nitrogens with one attached hydrogen (secondary N) is 1. The molecule has 0 saturated carbocycles. The van der Waals surface area contributed by atoms with Crippen LogP contribution in [0.4, 0.5) is 5.69 Å². The van der Waals surface area contributed by atoms with Gasteiger partial charge in [0.1, 0.15) is 18.2 Å². The number of ether oxygens (including phenoxy) is 2. The SMILES string of the molecule is CCOc1cc(/C=C(/C#N)C(=O)Nc2cccc(C)c2)ccc1OCc1cccc(C)c1. The number of amides is 1. The van der Waals surface area contributed by atoms with Crippen LogP contribution in [0.3, 0.4) is 0 Å². The monoisotopic (exact) mass is 426 g/mol. The van der Waals surface area contributed by atoms with Crippen LogP contribution in [0, 0.1) is 25.2 Å². The van der Waals surface area contributed by atoms with Gasteiger partial charge in [0, 0.05) is 5.69 Å². The second-order valence-electron chi connectivity index (χ2n) is 7.41. The van der Waals surface area contributed by atoms with Crippen molar-refractivity contribution in [3.63, 3.8) is 0 Å². The van der Waals surface area contributed by atoms with Gasteiger partial charge in [-0.2, -0.15) is 5.26 Å². The van der Waals surface area contributed by atoms with Gasteiger partial charge in [0.25, 0.3) is 5.91 Å². The van der Waals surface area contributed by atoms with E-state index in [1.54, 1.807) is 24.3 Å². The molecule has 0 saturated heterocycles. The lowest BCUT2D eigenvalue weighted by molar-refractivity contribution is -0.112. The molecule has 0 aliphatic heterocycles. The summed E-state index contributed by atoms with van der Waals surface area (Å²) in [5.74, 6) is 0.703. The maximum atomic E-state index is 12.6. The van der Waals surface area contributed by atoms with E-state index < -0.39 is 5.91 Å². The molecule has 0 atom stereocenters. The summed E-state index contributed by atoms with van der Waals surface area (Å²) in [5, 5.41) is 12.3. The summed E-state index contributed by atoms with van der Waals surface area (Å²) in [6.45, 7) is 6.75. The van der Waals surface area contributed by atoms with Gasteiger partial charge in [-0.1, -0.05) is 48.0 Å². The molecule has 32 heavy (non-hydrogen) atoms. The molecule has 0 heterocycles. The number of hydrogen-bond acceptors (Lipinski definition) is 4. The van der Waals surface area contributed by atoms with E-state index in [1.807, 2.05) is 63.2 Å². The Morgan fingerprint density at radius 2 is 1.72 bits per heavy atom. The van der Waals surface area contributed by atoms with E-state index in [-0.39, 0.29) is 5.57 Å². The van der Waals surface area contributed by atoms with Crippen molar-refractivity contribution >= 4 is 17.7 Å². The number of anilines is 1. The number of benzene rings is 3. The van der Waals surface area contributed by atoms with Crippen molar-refractivity contribution in [1.82, 2.24) is 0 Å². The van der Waals surface area contributed by atoms with E-state index in [0.717, 1.165) is 11.1 Å².